The summed E-state index contributed by atoms with van der Waals surface area (Å²) >= 11 is 2.01. The molecule has 1 aliphatic carbocycles. The summed E-state index contributed by atoms with van der Waals surface area (Å²) in [7, 11) is 0. The molecule has 2 fully saturated rings. The second-order valence-electron chi connectivity index (χ2n) is 6.17. The number of rotatable bonds is 5. The maximum absolute atomic E-state index is 9.32. The van der Waals surface area contributed by atoms with E-state index < -0.39 is 0 Å². The zero-order valence-corrected chi connectivity index (χ0v) is 13.4. The molecule has 20 heavy (non-hydrogen) atoms. The van der Waals surface area contributed by atoms with Crippen LogP contribution in [0.2, 0.25) is 0 Å². The summed E-state index contributed by atoms with van der Waals surface area (Å²) in [6.07, 6.45) is 3.70. The van der Waals surface area contributed by atoms with E-state index in [0.29, 0.717) is 12.0 Å². The maximum Gasteiger partial charge on any atom is 0.0754 e. The van der Waals surface area contributed by atoms with E-state index in [-0.39, 0.29) is 17.5 Å². The molecule has 0 amide bonds. The summed E-state index contributed by atoms with van der Waals surface area (Å²) in [4.78, 5) is 1.42. The lowest BCUT2D eigenvalue weighted by Gasteiger charge is -2.24. The molecule has 0 unspecified atom stereocenters. The van der Waals surface area contributed by atoms with Crippen LogP contribution in [0.15, 0.2) is 23.1 Å². The largest absolute Gasteiger partial charge is 0.396 e. The second kappa shape index (κ2) is 5.36. The fraction of sp³-hybridized carbons (Fsp3) is 0.647. The fourth-order valence-electron chi connectivity index (χ4n) is 3.67. The van der Waals surface area contributed by atoms with Gasteiger partial charge in [0, 0.05) is 17.4 Å². The van der Waals surface area contributed by atoms with Crippen LogP contribution in [0, 0.1) is 19.8 Å². The summed E-state index contributed by atoms with van der Waals surface area (Å²) in [6.45, 7) is 6.82. The Bertz CT molecular complexity index is 482. The fourth-order valence-corrected chi connectivity index (χ4v) is 5.37. The van der Waals surface area contributed by atoms with E-state index in [2.05, 4.69) is 39.0 Å². The van der Waals surface area contributed by atoms with Crippen LogP contribution in [0.25, 0.3) is 0 Å². The molecule has 1 aromatic rings. The number of ether oxygens (including phenoxy) is 1. The molecular formula is C17H24O2S. The Morgan fingerprint density at radius 1 is 1.35 bits per heavy atom. The van der Waals surface area contributed by atoms with Crippen molar-refractivity contribution in [2.75, 3.05) is 6.61 Å². The quantitative estimate of drug-likeness (QED) is 0.897. The molecule has 1 aliphatic heterocycles. The molecule has 0 spiro atoms. The SMILES string of the molecule is CC[C@@H]1O[C@H](CCO)[C@]2(Sc3c(C)cccc3C)C[C@H]12. The number of thioether (sulfide) groups is 1. The van der Waals surface area contributed by atoms with E-state index >= 15 is 0 Å². The third-order valence-electron chi connectivity index (χ3n) is 4.83. The Morgan fingerprint density at radius 3 is 2.65 bits per heavy atom. The van der Waals surface area contributed by atoms with Gasteiger partial charge >= 0.3 is 0 Å². The van der Waals surface area contributed by atoms with Crippen LogP contribution in [0.5, 0.6) is 0 Å². The van der Waals surface area contributed by atoms with Gasteiger partial charge in [0.15, 0.2) is 0 Å². The van der Waals surface area contributed by atoms with Gasteiger partial charge in [0.05, 0.1) is 17.0 Å². The van der Waals surface area contributed by atoms with E-state index in [9.17, 15) is 5.11 Å². The molecule has 0 radical (unpaired) electrons. The van der Waals surface area contributed by atoms with Gasteiger partial charge in [-0.05, 0) is 44.2 Å². The molecule has 3 rings (SSSR count). The molecule has 1 aromatic carbocycles. The van der Waals surface area contributed by atoms with Crippen LogP contribution < -0.4 is 0 Å². The van der Waals surface area contributed by atoms with Gasteiger partial charge in [-0.3, -0.25) is 0 Å². The lowest BCUT2D eigenvalue weighted by Crippen LogP contribution is -2.26. The van der Waals surface area contributed by atoms with E-state index in [4.69, 9.17) is 4.74 Å². The zero-order chi connectivity index (χ0) is 14.3. The van der Waals surface area contributed by atoms with Crippen LogP contribution >= 0.6 is 11.8 Å². The molecule has 110 valence electrons. The minimum absolute atomic E-state index is 0.214. The van der Waals surface area contributed by atoms with Gasteiger partial charge < -0.3 is 9.84 Å². The number of aryl methyl sites for hydroxylation is 2. The van der Waals surface area contributed by atoms with E-state index in [1.54, 1.807) is 0 Å². The van der Waals surface area contributed by atoms with E-state index in [1.165, 1.54) is 22.4 Å². The summed E-state index contributed by atoms with van der Waals surface area (Å²) in [5, 5.41) is 9.32. The number of hydrogen-bond acceptors (Lipinski definition) is 3. The third-order valence-corrected chi connectivity index (χ3v) is 6.79. The average molecular weight is 292 g/mol. The van der Waals surface area contributed by atoms with Gasteiger partial charge in [-0.15, -0.1) is 11.8 Å². The van der Waals surface area contributed by atoms with Crippen molar-refractivity contribution in [3.05, 3.63) is 29.3 Å². The molecule has 3 heteroatoms. The summed E-state index contributed by atoms with van der Waals surface area (Å²) < 4.78 is 6.41. The van der Waals surface area contributed by atoms with Crippen molar-refractivity contribution in [3.8, 4) is 0 Å². The van der Waals surface area contributed by atoms with Crippen LogP contribution in [-0.4, -0.2) is 28.7 Å². The Morgan fingerprint density at radius 2 is 2.05 bits per heavy atom. The molecule has 4 atom stereocenters. The molecule has 2 nitrogen and oxygen atoms in total. The number of benzene rings is 1. The van der Waals surface area contributed by atoms with Crippen molar-refractivity contribution in [1.82, 2.24) is 0 Å². The standard InChI is InChI=1S/C17H24O2S/c1-4-14-13-10-17(13,15(19-14)8-9-18)20-16-11(2)6-5-7-12(16)3/h5-7,13-15,18H,4,8-10H2,1-3H3/t13-,14+,15-,17+/m1/s1. The average Bonchev–Trinajstić information content (AvgIpc) is 3.08. The Balaban J connectivity index is 1.86. The van der Waals surface area contributed by atoms with Gasteiger partial charge in [-0.25, -0.2) is 0 Å². The molecule has 0 aromatic heterocycles. The molecule has 1 N–H and O–H groups in total. The summed E-state index contributed by atoms with van der Waals surface area (Å²) in [6, 6.07) is 6.51. The molecular weight excluding hydrogens is 268 g/mol. The molecule has 1 saturated carbocycles. The minimum atomic E-state index is 0.214. The van der Waals surface area contributed by atoms with Crippen molar-refractivity contribution in [2.24, 2.45) is 5.92 Å². The Kier molecular flexibility index (Phi) is 3.87. The van der Waals surface area contributed by atoms with Gasteiger partial charge in [-0.2, -0.15) is 0 Å². The predicted octanol–water partition coefficient (Wildman–Crippen LogP) is 3.71. The van der Waals surface area contributed by atoms with Crippen LogP contribution in [-0.2, 0) is 4.74 Å². The second-order valence-corrected chi connectivity index (χ2v) is 7.54. The maximum atomic E-state index is 9.32. The van der Waals surface area contributed by atoms with E-state index in [0.717, 1.165) is 12.8 Å². The van der Waals surface area contributed by atoms with Crippen molar-refractivity contribution in [2.45, 2.75) is 61.9 Å². The topological polar surface area (TPSA) is 29.5 Å². The normalized spacial score (nSPS) is 35.1. The Labute approximate surface area is 125 Å². The number of aliphatic hydroxyl groups is 1. The van der Waals surface area contributed by atoms with Crippen LogP contribution in [0.4, 0.5) is 0 Å². The molecule has 0 bridgehead atoms. The molecule has 2 aliphatic rings. The lowest BCUT2D eigenvalue weighted by atomic mass is 10.1. The van der Waals surface area contributed by atoms with Crippen molar-refractivity contribution in [3.63, 3.8) is 0 Å². The molecule has 1 heterocycles. The van der Waals surface area contributed by atoms with Gasteiger partial charge in [0.2, 0.25) is 0 Å². The number of aliphatic hydroxyl groups excluding tert-OH is 1. The highest BCUT2D eigenvalue weighted by atomic mass is 32.2. The van der Waals surface area contributed by atoms with Crippen LogP contribution in [0.3, 0.4) is 0 Å². The lowest BCUT2D eigenvalue weighted by molar-refractivity contribution is 0.00429. The highest BCUT2D eigenvalue weighted by Crippen LogP contribution is 2.67. The van der Waals surface area contributed by atoms with Crippen molar-refractivity contribution >= 4 is 11.8 Å². The Hall–Kier alpha value is -0.510. The predicted molar refractivity (Wildman–Crippen MR) is 83.3 cm³/mol. The summed E-state index contributed by atoms with van der Waals surface area (Å²) in [5.74, 6) is 0.674. The number of fused-ring (bicyclic) bond motifs is 1. The minimum Gasteiger partial charge on any atom is -0.396 e. The number of hydrogen-bond donors (Lipinski definition) is 1. The van der Waals surface area contributed by atoms with E-state index in [1.807, 2.05) is 11.8 Å². The van der Waals surface area contributed by atoms with Crippen molar-refractivity contribution < 1.29 is 9.84 Å². The zero-order valence-electron chi connectivity index (χ0n) is 12.6. The first-order valence-electron chi connectivity index (χ1n) is 7.64. The van der Waals surface area contributed by atoms with Crippen molar-refractivity contribution in [1.29, 1.82) is 0 Å². The first kappa shape index (κ1) is 14.4. The van der Waals surface area contributed by atoms with Crippen LogP contribution in [0.1, 0.15) is 37.3 Å². The van der Waals surface area contributed by atoms with Gasteiger partial charge in [0.1, 0.15) is 0 Å². The monoisotopic (exact) mass is 292 g/mol. The van der Waals surface area contributed by atoms with Gasteiger partial charge in [0.25, 0.3) is 0 Å². The third kappa shape index (κ3) is 2.20. The smallest absolute Gasteiger partial charge is 0.0754 e. The van der Waals surface area contributed by atoms with Gasteiger partial charge in [-0.1, -0.05) is 25.1 Å². The highest BCUT2D eigenvalue weighted by Gasteiger charge is 2.68. The highest BCUT2D eigenvalue weighted by molar-refractivity contribution is 8.01. The first-order chi connectivity index (χ1) is 9.62. The first-order valence-corrected chi connectivity index (χ1v) is 8.45. The summed E-state index contributed by atoms with van der Waals surface area (Å²) in [5.41, 5.74) is 2.72. The molecule has 1 saturated heterocycles.